The molecule has 0 fully saturated rings. The second-order valence-corrected chi connectivity index (χ2v) is 3.48. The summed E-state index contributed by atoms with van der Waals surface area (Å²) in [5.74, 6) is 0.734. The number of rotatable bonds is 2. The minimum absolute atomic E-state index is 0.734. The predicted octanol–water partition coefficient (Wildman–Crippen LogP) is 2.86. The van der Waals surface area contributed by atoms with E-state index in [2.05, 4.69) is 31.3 Å². The van der Waals surface area contributed by atoms with Gasteiger partial charge in [-0.15, -0.1) is 0 Å². The molecule has 12 heavy (non-hydrogen) atoms. The Hall–Kier alpha value is -0.720. The summed E-state index contributed by atoms with van der Waals surface area (Å²) in [6.07, 6.45) is 8.27. The SMILES string of the molecule is C/C=C\C1=C(NC)CCCC1C. The van der Waals surface area contributed by atoms with Crippen molar-refractivity contribution in [3.8, 4) is 0 Å². The van der Waals surface area contributed by atoms with Crippen molar-refractivity contribution in [2.75, 3.05) is 7.05 Å². The maximum Gasteiger partial charge on any atom is 0.0139 e. The molecule has 0 saturated heterocycles. The molecule has 1 heteroatoms. The first-order valence-corrected chi connectivity index (χ1v) is 4.83. The van der Waals surface area contributed by atoms with Gasteiger partial charge in [-0.25, -0.2) is 0 Å². The van der Waals surface area contributed by atoms with Crippen LogP contribution in [0.3, 0.4) is 0 Å². The van der Waals surface area contributed by atoms with Crippen LogP contribution in [0.25, 0.3) is 0 Å². The molecule has 0 aromatic carbocycles. The molecule has 68 valence electrons. The maximum absolute atomic E-state index is 3.30. The Balaban J connectivity index is 2.87. The van der Waals surface area contributed by atoms with Gasteiger partial charge in [0.25, 0.3) is 0 Å². The molecule has 0 aromatic heterocycles. The Morgan fingerprint density at radius 3 is 2.83 bits per heavy atom. The van der Waals surface area contributed by atoms with Gasteiger partial charge in [0.1, 0.15) is 0 Å². The van der Waals surface area contributed by atoms with Crippen molar-refractivity contribution >= 4 is 0 Å². The third kappa shape index (κ3) is 1.90. The normalized spacial score (nSPS) is 25.1. The summed E-state index contributed by atoms with van der Waals surface area (Å²) >= 11 is 0. The van der Waals surface area contributed by atoms with Gasteiger partial charge in [0.2, 0.25) is 0 Å². The Kier molecular flexibility index (Phi) is 3.39. The molecule has 1 nitrogen and oxygen atoms in total. The summed E-state index contributed by atoms with van der Waals surface area (Å²) in [5.41, 5.74) is 2.94. The first-order chi connectivity index (χ1) is 5.79. The van der Waals surface area contributed by atoms with Crippen molar-refractivity contribution in [1.29, 1.82) is 0 Å². The van der Waals surface area contributed by atoms with Crippen LogP contribution in [-0.4, -0.2) is 7.05 Å². The Morgan fingerprint density at radius 1 is 1.50 bits per heavy atom. The lowest BCUT2D eigenvalue weighted by molar-refractivity contribution is 0.530. The smallest absolute Gasteiger partial charge is 0.0139 e. The molecule has 0 aromatic rings. The highest BCUT2D eigenvalue weighted by Gasteiger charge is 2.15. The molecule has 0 aliphatic heterocycles. The average Bonchev–Trinajstić information content (AvgIpc) is 2.09. The molecule has 1 rings (SSSR count). The maximum atomic E-state index is 3.30. The number of nitrogens with one attached hydrogen (secondary N) is 1. The van der Waals surface area contributed by atoms with E-state index >= 15 is 0 Å². The summed E-state index contributed by atoms with van der Waals surface area (Å²) in [5, 5.41) is 3.30. The summed E-state index contributed by atoms with van der Waals surface area (Å²) in [4.78, 5) is 0. The van der Waals surface area contributed by atoms with Crippen LogP contribution in [0.1, 0.15) is 33.1 Å². The zero-order valence-corrected chi connectivity index (χ0v) is 8.35. The van der Waals surface area contributed by atoms with Crippen LogP contribution in [0.4, 0.5) is 0 Å². The van der Waals surface area contributed by atoms with E-state index in [0.717, 1.165) is 5.92 Å². The molecule has 1 aliphatic carbocycles. The molecule has 0 saturated carbocycles. The Labute approximate surface area is 75.6 Å². The van der Waals surface area contributed by atoms with Crippen LogP contribution in [0.2, 0.25) is 0 Å². The molecule has 1 aliphatic rings. The largest absolute Gasteiger partial charge is 0.391 e. The molecule has 0 heterocycles. The van der Waals surface area contributed by atoms with Crippen LogP contribution in [0.15, 0.2) is 23.4 Å². The van der Waals surface area contributed by atoms with E-state index in [1.54, 1.807) is 0 Å². The lowest BCUT2D eigenvalue weighted by Gasteiger charge is -2.23. The predicted molar refractivity (Wildman–Crippen MR) is 53.9 cm³/mol. The summed E-state index contributed by atoms with van der Waals surface area (Å²) in [6, 6.07) is 0. The van der Waals surface area contributed by atoms with Gasteiger partial charge in [-0.2, -0.15) is 0 Å². The van der Waals surface area contributed by atoms with Gasteiger partial charge in [-0.1, -0.05) is 19.1 Å². The number of hydrogen-bond donors (Lipinski definition) is 1. The van der Waals surface area contributed by atoms with Gasteiger partial charge in [0.15, 0.2) is 0 Å². The van der Waals surface area contributed by atoms with E-state index in [9.17, 15) is 0 Å². The fourth-order valence-electron chi connectivity index (χ4n) is 1.90. The van der Waals surface area contributed by atoms with Crippen molar-refractivity contribution in [3.05, 3.63) is 23.4 Å². The molecular formula is C11H19N. The standard InChI is InChI=1S/C11H19N/c1-4-6-10-9(2)7-5-8-11(10)12-3/h4,6,9,12H,5,7-8H2,1-3H3/b6-4-. The van der Waals surface area contributed by atoms with Crippen LogP contribution >= 0.6 is 0 Å². The lowest BCUT2D eigenvalue weighted by Crippen LogP contribution is -2.16. The van der Waals surface area contributed by atoms with E-state index < -0.39 is 0 Å². The summed E-state index contributed by atoms with van der Waals surface area (Å²) < 4.78 is 0. The van der Waals surface area contributed by atoms with Crippen molar-refractivity contribution in [3.63, 3.8) is 0 Å². The monoisotopic (exact) mass is 165 g/mol. The first kappa shape index (κ1) is 9.37. The van der Waals surface area contributed by atoms with E-state index in [1.165, 1.54) is 30.5 Å². The fraction of sp³-hybridized carbons (Fsp3) is 0.636. The second-order valence-electron chi connectivity index (χ2n) is 3.48. The van der Waals surface area contributed by atoms with E-state index in [0.29, 0.717) is 0 Å². The number of hydrogen-bond acceptors (Lipinski definition) is 1. The van der Waals surface area contributed by atoms with Crippen LogP contribution < -0.4 is 5.32 Å². The summed E-state index contributed by atoms with van der Waals surface area (Å²) in [6.45, 7) is 4.40. The minimum atomic E-state index is 0.734. The Bertz CT molecular complexity index is 201. The van der Waals surface area contributed by atoms with Gasteiger partial charge < -0.3 is 5.32 Å². The van der Waals surface area contributed by atoms with Crippen LogP contribution in [0, 0.1) is 5.92 Å². The van der Waals surface area contributed by atoms with Crippen LogP contribution in [-0.2, 0) is 0 Å². The van der Waals surface area contributed by atoms with Gasteiger partial charge >= 0.3 is 0 Å². The minimum Gasteiger partial charge on any atom is -0.391 e. The molecule has 0 bridgehead atoms. The van der Waals surface area contributed by atoms with Crippen molar-refractivity contribution in [1.82, 2.24) is 5.32 Å². The van der Waals surface area contributed by atoms with E-state index in [-0.39, 0.29) is 0 Å². The van der Waals surface area contributed by atoms with E-state index in [4.69, 9.17) is 0 Å². The zero-order valence-electron chi connectivity index (χ0n) is 8.35. The zero-order chi connectivity index (χ0) is 8.97. The fourth-order valence-corrected chi connectivity index (χ4v) is 1.90. The highest BCUT2D eigenvalue weighted by molar-refractivity contribution is 5.28. The van der Waals surface area contributed by atoms with Gasteiger partial charge in [-0.3, -0.25) is 0 Å². The lowest BCUT2D eigenvalue weighted by atomic mass is 9.86. The topological polar surface area (TPSA) is 12.0 Å². The van der Waals surface area contributed by atoms with Crippen molar-refractivity contribution in [2.24, 2.45) is 5.92 Å². The van der Waals surface area contributed by atoms with Gasteiger partial charge in [0.05, 0.1) is 0 Å². The molecular weight excluding hydrogens is 146 g/mol. The van der Waals surface area contributed by atoms with Crippen molar-refractivity contribution in [2.45, 2.75) is 33.1 Å². The number of allylic oxidation sites excluding steroid dienone is 4. The summed E-state index contributed by atoms with van der Waals surface area (Å²) in [7, 11) is 2.02. The van der Waals surface area contributed by atoms with E-state index in [1.807, 2.05) is 7.05 Å². The van der Waals surface area contributed by atoms with Gasteiger partial charge in [-0.05, 0) is 37.7 Å². The average molecular weight is 165 g/mol. The third-order valence-corrected chi connectivity index (χ3v) is 2.59. The second kappa shape index (κ2) is 4.34. The highest BCUT2D eigenvalue weighted by atomic mass is 14.8. The third-order valence-electron chi connectivity index (χ3n) is 2.59. The van der Waals surface area contributed by atoms with Crippen LogP contribution in [0.5, 0.6) is 0 Å². The van der Waals surface area contributed by atoms with Crippen molar-refractivity contribution < 1.29 is 0 Å². The molecule has 0 spiro atoms. The highest BCUT2D eigenvalue weighted by Crippen LogP contribution is 2.28. The molecule has 1 N–H and O–H groups in total. The first-order valence-electron chi connectivity index (χ1n) is 4.83. The Morgan fingerprint density at radius 2 is 2.25 bits per heavy atom. The quantitative estimate of drug-likeness (QED) is 0.663. The van der Waals surface area contributed by atoms with Gasteiger partial charge in [0, 0.05) is 12.7 Å². The molecule has 0 amide bonds. The molecule has 1 unspecified atom stereocenters. The molecule has 0 radical (unpaired) electrons. The molecule has 1 atom stereocenters.